The molecule has 0 heterocycles. The zero-order chi connectivity index (χ0) is 11.4. The van der Waals surface area contributed by atoms with Crippen LogP contribution in [0.25, 0.3) is 0 Å². The van der Waals surface area contributed by atoms with Crippen LogP contribution in [0.15, 0.2) is 24.3 Å². The van der Waals surface area contributed by atoms with Crippen molar-refractivity contribution in [3.8, 4) is 0 Å². The first-order valence-corrected chi connectivity index (χ1v) is 6.46. The first kappa shape index (κ1) is 11.7. The molecule has 1 aromatic carbocycles. The van der Waals surface area contributed by atoms with Crippen molar-refractivity contribution < 1.29 is 5.11 Å². The molecule has 0 radical (unpaired) electrons. The highest BCUT2D eigenvalue weighted by molar-refractivity contribution is 5.26. The third-order valence-electron chi connectivity index (χ3n) is 4.04. The Morgan fingerprint density at radius 3 is 2.56 bits per heavy atom. The van der Waals surface area contributed by atoms with Crippen molar-refractivity contribution in [2.75, 3.05) is 6.61 Å². The Kier molecular flexibility index (Phi) is 4.00. The van der Waals surface area contributed by atoms with E-state index >= 15 is 0 Å². The van der Waals surface area contributed by atoms with E-state index in [1.165, 1.54) is 36.8 Å². The summed E-state index contributed by atoms with van der Waals surface area (Å²) in [6.07, 6.45) is 6.39. The van der Waals surface area contributed by atoms with Gasteiger partial charge in [-0.15, -0.1) is 0 Å². The number of hydrogen-bond acceptors (Lipinski definition) is 1. The van der Waals surface area contributed by atoms with Crippen LogP contribution in [0.5, 0.6) is 0 Å². The van der Waals surface area contributed by atoms with E-state index in [1.807, 2.05) is 0 Å². The molecule has 0 aliphatic heterocycles. The normalized spacial score (nSPS) is 18.9. The van der Waals surface area contributed by atoms with Gasteiger partial charge in [0.2, 0.25) is 0 Å². The van der Waals surface area contributed by atoms with Crippen molar-refractivity contribution in [3.05, 3.63) is 35.4 Å². The van der Waals surface area contributed by atoms with Gasteiger partial charge in [-0.2, -0.15) is 0 Å². The summed E-state index contributed by atoms with van der Waals surface area (Å²) >= 11 is 0. The summed E-state index contributed by atoms with van der Waals surface area (Å²) in [6.45, 7) is 2.51. The molecule has 1 aromatic rings. The number of benzene rings is 1. The second-order valence-electron chi connectivity index (χ2n) is 5.12. The van der Waals surface area contributed by atoms with E-state index in [0.29, 0.717) is 12.5 Å². The van der Waals surface area contributed by atoms with E-state index in [9.17, 15) is 5.11 Å². The summed E-state index contributed by atoms with van der Waals surface area (Å²) in [7, 11) is 0. The van der Waals surface area contributed by atoms with Gasteiger partial charge in [0.15, 0.2) is 0 Å². The zero-order valence-corrected chi connectivity index (χ0v) is 10.2. The van der Waals surface area contributed by atoms with E-state index < -0.39 is 0 Å². The fraction of sp³-hybridized carbons (Fsp3) is 0.600. The number of aliphatic hydroxyl groups is 1. The SMILES string of the molecule is Cc1ccccc1CC(CO)C1CCCC1. The van der Waals surface area contributed by atoms with E-state index in [4.69, 9.17) is 0 Å². The van der Waals surface area contributed by atoms with E-state index in [1.54, 1.807) is 0 Å². The van der Waals surface area contributed by atoms with Crippen LogP contribution in [0.4, 0.5) is 0 Å². The molecule has 0 bridgehead atoms. The van der Waals surface area contributed by atoms with Crippen LogP contribution >= 0.6 is 0 Å². The molecule has 1 aliphatic carbocycles. The average Bonchev–Trinajstić information content (AvgIpc) is 2.81. The molecular weight excluding hydrogens is 196 g/mol. The minimum absolute atomic E-state index is 0.346. The monoisotopic (exact) mass is 218 g/mol. The van der Waals surface area contributed by atoms with Crippen LogP contribution in [-0.2, 0) is 6.42 Å². The Balaban J connectivity index is 2.03. The number of rotatable bonds is 4. The molecule has 1 fully saturated rings. The van der Waals surface area contributed by atoms with Crippen molar-refractivity contribution in [2.24, 2.45) is 11.8 Å². The lowest BCUT2D eigenvalue weighted by molar-refractivity contribution is 0.175. The van der Waals surface area contributed by atoms with E-state index in [2.05, 4.69) is 31.2 Å². The molecule has 0 aromatic heterocycles. The third kappa shape index (κ3) is 2.65. The number of hydrogen-bond donors (Lipinski definition) is 1. The number of aryl methyl sites for hydroxylation is 1. The van der Waals surface area contributed by atoms with Crippen LogP contribution in [-0.4, -0.2) is 11.7 Å². The van der Waals surface area contributed by atoms with E-state index in [-0.39, 0.29) is 0 Å². The first-order chi connectivity index (χ1) is 7.81. The predicted octanol–water partition coefficient (Wildman–Crippen LogP) is 3.34. The minimum Gasteiger partial charge on any atom is -0.396 e. The molecule has 0 saturated heterocycles. The molecule has 0 spiro atoms. The molecule has 1 nitrogen and oxygen atoms in total. The second-order valence-corrected chi connectivity index (χ2v) is 5.12. The van der Waals surface area contributed by atoms with Gasteiger partial charge < -0.3 is 5.11 Å². The predicted molar refractivity (Wildman–Crippen MR) is 67.4 cm³/mol. The fourth-order valence-corrected chi connectivity index (χ4v) is 2.93. The lowest BCUT2D eigenvalue weighted by atomic mass is 9.85. The van der Waals surface area contributed by atoms with Gasteiger partial charge in [-0.25, -0.2) is 0 Å². The van der Waals surface area contributed by atoms with Crippen LogP contribution in [0.1, 0.15) is 36.8 Å². The van der Waals surface area contributed by atoms with Gasteiger partial charge in [0.1, 0.15) is 0 Å². The van der Waals surface area contributed by atoms with Crippen LogP contribution in [0.3, 0.4) is 0 Å². The van der Waals surface area contributed by atoms with Gasteiger partial charge in [0, 0.05) is 6.61 Å². The van der Waals surface area contributed by atoms with Crippen molar-refractivity contribution in [1.29, 1.82) is 0 Å². The molecule has 1 saturated carbocycles. The topological polar surface area (TPSA) is 20.2 Å². The number of aliphatic hydroxyl groups excluding tert-OH is 1. The summed E-state index contributed by atoms with van der Waals surface area (Å²) in [5.41, 5.74) is 2.77. The molecule has 2 rings (SSSR count). The van der Waals surface area contributed by atoms with Gasteiger partial charge >= 0.3 is 0 Å². The van der Waals surface area contributed by atoms with Crippen molar-refractivity contribution >= 4 is 0 Å². The lowest BCUT2D eigenvalue weighted by Gasteiger charge is -2.22. The Morgan fingerprint density at radius 1 is 1.25 bits per heavy atom. The van der Waals surface area contributed by atoms with Gasteiger partial charge in [-0.1, -0.05) is 49.9 Å². The molecule has 16 heavy (non-hydrogen) atoms. The maximum atomic E-state index is 9.54. The minimum atomic E-state index is 0.346. The Hall–Kier alpha value is -0.820. The molecule has 1 unspecified atom stereocenters. The first-order valence-electron chi connectivity index (χ1n) is 6.46. The maximum Gasteiger partial charge on any atom is 0.0465 e. The van der Waals surface area contributed by atoms with Gasteiger partial charge in [-0.05, 0) is 36.3 Å². The third-order valence-corrected chi connectivity index (χ3v) is 4.04. The lowest BCUT2D eigenvalue weighted by Crippen LogP contribution is -2.19. The Labute approximate surface area is 98.5 Å². The highest BCUT2D eigenvalue weighted by Crippen LogP contribution is 2.33. The average molecular weight is 218 g/mol. The quantitative estimate of drug-likeness (QED) is 0.822. The smallest absolute Gasteiger partial charge is 0.0465 e. The second kappa shape index (κ2) is 5.49. The highest BCUT2D eigenvalue weighted by Gasteiger charge is 2.24. The molecule has 1 aliphatic rings. The summed E-state index contributed by atoms with van der Waals surface area (Å²) in [6, 6.07) is 8.55. The van der Waals surface area contributed by atoms with Crippen LogP contribution in [0, 0.1) is 18.8 Å². The molecule has 88 valence electrons. The van der Waals surface area contributed by atoms with Crippen molar-refractivity contribution in [1.82, 2.24) is 0 Å². The van der Waals surface area contributed by atoms with Crippen molar-refractivity contribution in [3.63, 3.8) is 0 Å². The fourth-order valence-electron chi connectivity index (χ4n) is 2.93. The highest BCUT2D eigenvalue weighted by atomic mass is 16.3. The Bertz CT molecular complexity index is 326. The maximum absolute atomic E-state index is 9.54. The molecule has 1 atom stereocenters. The van der Waals surface area contributed by atoms with Gasteiger partial charge in [-0.3, -0.25) is 0 Å². The molecular formula is C15H22O. The molecule has 0 amide bonds. The van der Waals surface area contributed by atoms with Gasteiger partial charge in [0.05, 0.1) is 0 Å². The summed E-state index contributed by atoms with van der Waals surface area (Å²) in [5.74, 6) is 1.23. The summed E-state index contributed by atoms with van der Waals surface area (Å²) < 4.78 is 0. The van der Waals surface area contributed by atoms with Crippen molar-refractivity contribution in [2.45, 2.75) is 39.0 Å². The Morgan fingerprint density at radius 2 is 1.94 bits per heavy atom. The molecule has 1 heteroatoms. The molecule has 1 N–H and O–H groups in total. The van der Waals surface area contributed by atoms with Gasteiger partial charge in [0.25, 0.3) is 0 Å². The zero-order valence-electron chi connectivity index (χ0n) is 10.2. The van der Waals surface area contributed by atoms with Crippen LogP contribution < -0.4 is 0 Å². The van der Waals surface area contributed by atoms with Crippen LogP contribution in [0.2, 0.25) is 0 Å². The summed E-state index contributed by atoms with van der Waals surface area (Å²) in [4.78, 5) is 0. The standard InChI is InChI=1S/C15H22O/c1-12-6-2-3-9-14(12)10-15(11-16)13-7-4-5-8-13/h2-3,6,9,13,15-16H,4-5,7-8,10-11H2,1H3. The largest absolute Gasteiger partial charge is 0.396 e. The summed E-state index contributed by atoms with van der Waals surface area (Å²) in [5, 5.41) is 9.54. The van der Waals surface area contributed by atoms with E-state index in [0.717, 1.165) is 12.3 Å².